The topological polar surface area (TPSA) is 73.9 Å². The van der Waals surface area contributed by atoms with Crippen molar-refractivity contribution in [2.24, 2.45) is 5.92 Å². The van der Waals surface area contributed by atoms with Crippen LogP contribution in [0.3, 0.4) is 0 Å². The summed E-state index contributed by atoms with van der Waals surface area (Å²) >= 11 is 0. The van der Waals surface area contributed by atoms with Crippen molar-refractivity contribution in [2.45, 2.75) is 31.7 Å². The van der Waals surface area contributed by atoms with Crippen LogP contribution in [0.4, 0.5) is 0 Å². The van der Waals surface area contributed by atoms with Crippen LogP contribution in [0.5, 0.6) is 11.5 Å². The maximum Gasteiger partial charge on any atom is 0.307 e. The molecule has 0 aromatic heterocycles. The van der Waals surface area contributed by atoms with Crippen LogP contribution >= 0.6 is 0 Å². The Bertz CT molecular complexity index is 641. The Morgan fingerprint density at radius 2 is 1.92 bits per heavy atom. The normalized spacial score (nSPS) is 17.5. The zero-order chi connectivity index (χ0) is 18.2. The van der Waals surface area contributed by atoms with Gasteiger partial charge in [0.05, 0.1) is 33.8 Å². The Kier molecular flexibility index (Phi) is 6.86. The SMILES string of the molecule is COC(=O)CC(NC(=O)C1CC=CCC1)c1ccc(OC)c(OC)c1. The van der Waals surface area contributed by atoms with Crippen molar-refractivity contribution < 1.29 is 23.8 Å². The van der Waals surface area contributed by atoms with Crippen molar-refractivity contribution in [3.8, 4) is 11.5 Å². The molecular formula is C19H25NO5. The van der Waals surface area contributed by atoms with E-state index in [2.05, 4.69) is 11.4 Å². The number of carbonyl (C=O) groups is 2. The minimum Gasteiger partial charge on any atom is -0.493 e. The summed E-state index contributed by atoms with van der Waals surface area (Å²) in [6, 6.07) is 4.86. The third-order valence-corrected chi connectivity index (χ3v) is 4.36. The lowest BCUT2D eigenvalue weighted by molar-refractivity contribution is -0.141. The van der Waals surface area contributed by atoms with Crippen LogP contribution in [0.2, 0.25) is 0 Å². The number of benzene rings is 1. The predicted octanol–water partition coefficient (Wildman–Crippen LogP) is 2.78. The fraction of sp³-hybridized carbons (Fsp3) is 0.474. The van der Waals surface area contributed by atoms with E-state index >= 15 is 0 Å². The molecular weight excluding hydrogens is 322 g/mol. The van der Waals surface area contributed by atoms with Gasteiger partial charge in [-0.1, -0.05) is 18.2 Å². The van der Waals surface area contributed by atoms with Crippen molar-refractivity contribution in [1.82, 2.24) is 5.32 Å². The molecule has 1 aliphatic carbocycles. The lowest BCUT2D eigenvalue weighted by Crippen LogP contribution is -2.35. The highest BCUT2D eigenvalue weighted by atomic mass is 16.5. The van der Waals surface area contributed by atoms with Crippen LogP contribution in [0, 0.1) is 5.92 Å². The van der Waals surface area contributed by atoms with Crippen molar-refractivity contribution in [2.75, 3.05) is 21.3 Å². The second-order valence-corrected chi connectivity index (χ2v) is 5.94. The quantitative estimate of drug-likeness (QED) is 0.606. The van der Waals surface area contributed by atoms with Gasteiger partial charge in [0.15, 0.2) is 11.5 Å². The zero-order valence-corrected chi connectivity index (χ0v) is 14.9. The molecule has 1 aromatic rings. The van der Waals surface area contributed by atoms with E-state index in [9.17, 15) is 9.59 Å². The van der Waals surface area contributed by atoms with Crippen LogP contribution in [0.15, 0.2) is 30.4 Å². The first-order chi connectivity index (χ1) is 12.1. The molecule has 2 atom stereocenters. The molecule has 1 amide bonds. The molecule has 1 aliphatic rings. The first-order valence-electron chi connectivity index (χ1n) is 8.33. The van der Waals surface area contributed by atoms with E-state index in [0.717, 1.165) is 24.8 Å². The number of carbonyl (C=O) groups excluding carboxylic acids is 2. The lowest BCUT2D eigenvalue weighted by Gasteiger charge is -2.23. The van der Waals surface area contributed by atoms with Crippen LogP contribution in [-0.4, -0.2) is 33.2 Å². The minimum atomic E-state index is -0.481. The lowest BCUT2D eigenvalue weighted by atomic mass is 9.92. The number of nitrogens with one attached hydrogen (secondary N) is 1. The molecule has 6 heteroatoms. The molecule has 25 heavy (non-hydrogen) atoms. The first kappa shape index (κ1) is 18.8. The highest BCUT2D eigenvalue weighted by molar-refractivity contribution is 5.80. The summed E-state index contributed by atoms with van der Waals surface area (Å²) in [6.45, 7) is 0. The first-order valence-corrected chi connectivity index (χ1v) is 8.33. The van der Waals surface area contributed by atoms with E-state index in [0.29, 0.717) is 11.5 Å². The summed E-state index contributed by atoms with van der Waals surface area (Å²) in [6.07, 6.45) is 6.61. The molecule has 0 saturated carbocycles. The van der Waals surface area contributed by atoms with Crippen molar-refractivity contribution in [1.29, 1.82) is 0 Å². The van der Waals surface area contributed by atoms with Gasteiger partial charge in [-0.2, -0.15) is 0 Å². The molecule has 0 fully saturated rings. The monoisotopic (exact) mass is 347 g/mol. The molecule has 1 aromatic carbocycles. The molecule has 0 aliphatic heterocycles. The number of hydrogen-bond donors (Lipinski definition) is 1. The number of amides is 1. The second kappa shape index (κ2) is 9.11. The van der Waals surface area contributed by atoms with Crippen LogP contribution in [0.1, 0.15) is 37.3 Å². The summed E-state index contributed by atoms with van der Waals surface area (Å²) in [5.41, 5.74) is 0.766. The summed E-state index contributed by atoms with van der Waals surface area (Å²) in [7, 11) is 4.44. The van der Waals surface area contributed by atoms with Gasteiger partial charge >= 0.3 is 5.97 Å². The van der Waals surface area contributed by atoms with Gasteiger partial charge in [-0.3, -0.25) is 9.59 Å². The molecule has 136 valence electrons. The molecule has 1 N–H and O–H groups in total. The van der Waals surface area contributed by atoms with E-state index < -0.39 is 6.04 Å². The summed E-state index contributed by atoms with van der Waals surface area (Å²) < 4.78 is 15.3. The van der Waals surface area contributed by atoms with Gasteiger partial charge in [0.1, 0.15) is 0 Å². The fourth-order valence-electron chi connectivity index (χ4n) is 2.89. The zero-order valence-electron chi connectivity index (χ0n) is 14.9. The molecule has 2 rings (SSSR count). The highest BCUT2D eigenvalue weighted by Crippen LogP contribution is 2.31. The summed E-state index contributed by atoms with van der Waals surface area (Å²) in [5, 5.41) is 2.99. The number of ether oxygens (including phenoxy) is 3. The molecule has 0 bridgehead atoms. The van der Waals surface area contributed by atoms with Gasteiger partial charge in [-0.15, -0.1) is 0 Å². The number of allylic oxidation sites excluding steroid dienone is 2. The van der Waals surface area contributed by atoms with Crippen LogP contribution in [0.25, 0.3) is 0 Å². The van der Waals surface area contributed by atoms with Gasteiger partial charge in [0.25, 0.3) is 0 Å². The average molecular weight is 347 g/mol. The third-order valence-electron chi connectivity index (χ3n) is 4.36. The number of rotatable bonds is 7. The van der Waals surface area contributed by atoms with E-state index in [1.54, 1.807) is 26.4 Å². The van der Waals surface area contributed by atoms with Gasteiger partial charge in [0, 0.05) is 5.92 Å². The van der Waals surface area contributed by atoms with Crippen LogP contribution < -0.4 is 14.8 Å². The second-order valence-electron chi connectivity index (χ2n) is 5.94. The summed E-state index contributed by atoms with van der Waals surface area (Å²) in [5.74, 6) is 0.637. The number of esters is 1. The van der Waals surface area contributed by atoms with E-state index in [4.69, 9.17) is 14.2 Å². The van der Waals surface area contributed by atoms with Crippen LogP contribution in [-0.2, 0) is 14.3 Å². The van der Waals surface area contributed by atoms with Crippen molar-refractivity contribution >= 4 is 11.9 Å². The largest absolute Gasteiger partial charge is 0.493 e. The molecule has 2 unspecified atom stereocenters. The van der Waals surface area contributed by atoms with Gasteiger partial charge < -0.3 is 19.5 Å². The Morgan fingerprint density at radius 1 is 1.16 bits per heavy atom. The van der Waals surface area contributed by atoms with E-state index in [-0.39, 0.29) is 24.2 Å². The Labute approximate surface area is 148 Å². The van der Waals surface area contributed by atoms with Crippen molar-refractivity contribution in [3.63, 3.8) is 0 Å². The Hall–Kier alpha value is -2.50. The Balaban J connectivity index is 2.21. The molecule has 0 spiro atoms. The van der Waals surface area contributed by atoms with Gasteiger partial charge in [-0.25, -0.2) is 0 Å². The van der Waals surface area contributed by atoms with Gasteiger partial charge in [-0.05, 0) is 37.0 Å². The van der Waals surface area contributed by atoms with E-state index in [1.807, 2.05) is 12.1 Å². The maximum atomic E-state index is 12.6. The Morgan fingerprint density at radius 3 is 2.52 bits per heavy atom. The number of methoxy groups -OCH3 is 3. The fourth-order valence-corrected chi connectivity index (χ4v) is 2.89. The average Bonchev–Trinajstić information content (AvgIpc) is 2.67. The smallest absolute Gasteiger partial charge is 0.307 e. The summed E-state index contributed by atoms with van der Waals surface area (Å²) in [4.78, 5) is 24.4. The molecule has 0 heterocycles. The third kappa shape index (κ3) is 4.98. The molecule has 6 nitrogen and oxygen atoms in total. The predicted molar refractivity (Wildman–Crippen MR) is 93.5 cm³/mol. The maximum absolute atomic E-state index is 12.6. The van der Waals surface area contributed by atoms with Crippen molar-refractivity contribution in [3.05, 3.63) is 35.9 Å². The van der Waals surface area contributed by atoms with Gasteiger partial charge in [0.2, 0.25) is 5.91 Å². The number of hydrogen-bond acceptors (Lipinski definition) is 5. The molecule has 0 radical (unpaired) electrons. The minimum absolute atomic E-state index is 0.0481. The highest BCUT2D eigenvalue weighted by Gasteiger charge is 2.25. The molecule has 0 saturated heterocycles. The van der Waals surface area contributed by atoms with E-state index in [1.165, 1.54) is 7.11 Å². The standard InChI is InChI=1S/C19H25NO5/c1-23-16-10-9-14(11-17(16)24-2)15(12-18(21)25-3)20-19(22)13-7-5-4-6-8-13/h4-5,9-11,13,15H,6-8,12H2,1-3H3,(H,20,22).